The van der Waals surface area contributed by atoms with Crippen LogP contribution in [0.3, 0.4) is 0 Å². The highest BCUT2D eigenvalue weighted by Gasteiger charge is 2.20. The smallest absolute Gasteiger partial charge is 0.263 e. The molecule has 0 amide bonds. The van der Waals surface area contributed by atoms with Crippen molar-refractivity contribution in [1.29, 1.82) is 0 Å². The van der Waals surface area contributed by atoms with Crippen LogP contribution in [0.2, 0.25) is 0 Å². The lowest BCUT2D eigenvalue weighted by Gasteiger charge is -2.17. The number of benzene rings is 3. The van der Waals surface area contributed by atoms with Gasteiger partial charge in [-0.15, -0.1) is 0 Å². The first-order chi connectivity index (χ1) is 17.9. The Morgan fingerprint density at radius 2 is 1.78 bits per heavy atom. The summed E-state index contributed by atoms with van der Waals surface area (Å²) in [4.78, 5) is 22.3. The highest BCUT2D eigenvalue weighted by atomic mass is 19.1. The minimum absolute atomic E-state index is 0.142. The molecule has 0 aliphatic rings. The van der Waals surface area contributed by atoms with Crippen molar-refractivity contribution in [3.8, 4) is 22.7 Å². The standard InChI is InChI=1S/C28H21FN6O2/c1-16-6-2-5-9-22(16)35-19(12-17-7-3-4-8-20(17)28(35)37)14-34-27-24(26(30)31-15-32-27)25(33-34)18-10-11-21(29)23(36)13-18/h2-13,15,36H,14H2,1H3,(H2,30,31,32). The van der Waals surface area contributed by atoms with Crippen LogP contribution in [0.5, 0.6) is 5.75 Å². The zero-order chi connectivity index (χ0) is 25.7. The first-order valence-corrected chi connectivity index (χ1v) is 11.6. The van der Waals surface area contributed by atoms with Gasteiger partial charge in [-0.25, -0.2) is 19.0 Å². The molecule has 0 spiro atoms. The lowest BCUT2D eigenvalue weighted by atomic mass is 10.1. The Balaban J connectivity index is 1.61. The van der Waals surface area contributed by atoms with E-state index < -0.39 is 11.6 Å². The molecule has 0 radical (unpaired) electrons. The van der Waals surface area contributed by atoms with Gasteiger partial charge in [0.2, 0.25) is 0 Å². The van der Waals surface area contributed by atoms with Crippen LogP contribution in [0, 0.1) is 12.7 Å². The van der Waals surface area contributed by atoms with Gasteiger partial charge >= 0.3 is 0 Å². The largest absolute Gasteiger partial charge is 0.505 e. The first-order valence-electron chi connectivity index (χ1n) is 11.6. The predicted molar refractivity (Wildman–Crippen MR) is 140 cm³/mol. The lowest BCUT2D eigenvalue weighted by molar-refractivity contribution is 0.432. The molecule has 0 fully saturated rings. The summed E-state index contributed by atoms with van der Waals surface area (Å²) in [5, 5.41) is 16.6. The Hall–Kier alpha value is -5.05. The minimum atomic E-state index is -0.741. The van der Waals surface area contributed by atoms with Gasteiger partial charge < -0.3 is 10.8 Å². The molecule has 37 heavy (non-hydrogen) atoms. The second kappa shape index (κ2) is 8.56. The number of nitrogens with zero attached hydrogens (tertiary/aromatic N) is 5. The second-order valence-corrected chi connectivity index (χ2v) is 8.78. The Morgan fingerprint density at radius 3 is 2.59 bits per heavy atom. The summed E-state index contributed by atoms with van der Waals surface area (Å²) in [7, 11) is 0. The van der Waals surface area contributed by atoms with E-state index >= 15 is 0 Å². The number of phenols is 1. The van der Waals surface area contributed by atoms with Gasteiger partial charge in [-0.2, -0.15) is 5.10 Å². The van der Waals surface area contributed by atoms with Crippen molar-refractivity contribution in [1.82, 2.24) is 24.3 Å². The highest BCUT2D eigenvalue weighted by molar-refractivity contribution is 5.98. The molecule has 0 saturated carbocycles. The molecule has 0 aliphatic carbocycles. The van der Waals surface area contributed by atoms with E-state index in [4.69, 9.17) is 10.8 Å². The van der Waals surface area contributed by atoms with Crippen molar-refractivity contribution < 1.29 is 9.50 Å². The van der Waals surface area contributed by atoms with Gasteiger partial charge in [0.15, 0.2) is 17.2 Å². The minimum Gasteiger partial charge on any atom is -0.505 e. The van der Waals surface area contributed by atoms with Crippen molar-refractivity contribution in [3.63, 3.8) is 0 Å². The van der Waals surface area contributed by atoms with Crippen molar-refractivity contribution in [2.75, 3.05) is 5.73 Å². The second-order valence-electron chi connectivity index (χ2n) is 8.78. The molecule has 182 valence electrons. The fourth-order valence-electron chi connectivity index (χ4n) is 4.66. The lowest BCUT2D eigenvalue weighted by Crippen LogP contribution is -2.24. The van der Waals surface area contributed by atoms with Crippen molar-refractivity contribution in [3.05, 3.63) is 107 Å². The average molecular weight is 493 g/mol. The van der Waals surface area contributed by atoms with Crippen LogP contribution in [-0.4, -0.2) is 29.4 Å². The van der Waals surface area contributed by atoms with Crippen LogP contribution in [0.25, 0.3) is 38.8 Å². The molecule has 0 unspecified atom stereocenters. The van der Waals surface area contributed by atoms with Crippen LogP contribution < -0.4 is 11.3 Å². The quantitative estimate of drug-likeness (QED) is 0.373. The summed E-state index contributed by atoms with van der Waals surface area (Å²) in [5.74, 6) is -1.04. The Morgan fingerprint density at radius 1 is 1.00 bits per heavy atom. The fraction of sp³-hybridized carbons (Fsp3) is 0.0714. The number of hydrogen-bond donors (Lipinski definition) is 2. The third-order valence-electron chi connectivity index (χ3n) is 6.45. The molecule has 9 heteroatoms. The van der Waals surface area contributed by atoms with E-state index in [9.17, 15) is 14.3 Å². The summed E-state index contributed by atoms with van der Waals surface area (Å²) in [6.07, 6.45) is 1.34. The van der Waals surface area contributed by atoms with Crippen molar-refractivity contribution in [2.45, 2.75) is 13.5 Å². The molecule has 3 heterocycles. The highest BCUT2D eigenvalue weighted by Crippen LogP contribution is 2.33. The molecular formula is C28H21FN6O2. The summed E-state index contributed by atoms with van der Waals surface area (Å²) in [6.45, 7) is 2.14. The van der Waals surface area contributed by atoms with E-state index in [1.165, 1.54) is 18.5 Å². The van der Waals surface area contributed by atoms with E-state index in [0.29, 0.717) is 33.4 Å². The number of hydrogen-bond acceptors (Lipinski definition) is 6. The number of fused-ring (bicyclic) bond motifs is 2. The molecule has 0 aliphatic heterocycles. The maximum Gasteiger partial charge on any atom is 0.263 e. The van der Waals surface area contributed by atoms with Gasteiger partial charge in [-0.1, -0.05) is 36.4 Å². The van der Waals surface area contributed by atoms with Gasteiger partial charge in [0.1, 0.15) is 17.8 Å². The van der Waals surface area contributed by atoms with Gasteiger partial charge in [0.05, 0.1) is 17.6 Å². The first kappa shape index (κ1) is 22.4. The van der Waals surface area contributed by atoms with Crippen LogP contribution in [0.15, 0.2) is 83.9 Å². The molecule has 0 atom stereocenters. The third-order valence-corrected chi connectivity index (χ3v) is 6.45. The van der Waals surface area contributed by atoms with E-state index in [1.54, 1.807) is 9.25 Å². The Bertz CT molecular complexity index is 1890. The van der Waals surface area contributed by atoms with Crippen LogP contribution >= 0.6 is 0 Å². The molecular weight excluding hydrogens is 471 g/mol. The summed E-state index contributed by atoms with van der Waals surface area (Å²) < 4.78 is 17.1. The average Bonchev–Trinajstić information content (AvgIpc) is 3.26. The fourth-order valence-corrected chi connectivity index (χ4v) is 4.66. The van der Waals surface area contributed by atoms with E-state index in [2.05, 4.69) is 9.97 Å². The molecule has 3 aromatic carbocycles. The summed E-state index contributed by atoms with van der Waals surface area (Å²) >= 11 is 0. The van der Waals surface area contributed by atoms with Crippen molar-refractivity contribution >= 4 is 27.6 Å². The molecule has 6 aromatic rings. The maximum atomic E-state index is 13.7. The van der Waals surface area contributed by atoms with E-state index in [-0.39, 0.29) is 17.9 Å². The van der Waals surface area contributed by atoms with Crippen LogP contribution in [0.1, 0.15) is 11.3 Å². The van der Waals surface area contributed by atoms with Crippen molar-refractivity contribution in [2.24, 2.45) is 0 Å². The normalized spacial score (nSPS) is 11.4. The molecule has 0 saturated heterocycles. The number of rotatable bonds is 4. The molecule has 3 N–H and O–H groups in total. The number of nitrogen functional groups attached to an aromatic ring is 1. The molecule has 0 bridgehead atoms. The van der Waals surface area contributed by atoms with E-state index in [0.717, 1.165) is 22.7 Å². The topological polar surface area (TPSA) is 112 Å². The van der Waals surface area contributed by atoms with Gasteiger partial charge in [-0.3, -0.25) is 9.36 Å². The zero-order valence-electron chi connectivity index (χ0n) is 19.8. The number of aromatic hydroxyl groups is 1. The Labute approximate surface area is 210 Å². The SMILES string of the molecule is Cc1ccccc1-n1c(Cn2nc(-c3ccc(F)c(O)c3)c3c(N)ncnc32)cc2ccccc2c1=O. The Kier molecular flexibility index (Phi) is 5.19. The number of phenolic OH excluding ortho intramolecular Hbond substituents is 1. The van der Waals surface area contributed by atoms with Crippen LogP contribution in [-0.2, 0) is 6.54 Å². The van der Waals surface area contributed by atoms with Gasteiger partial charge in [-0.05, 0) is 54.3 Å². The number of halogens is 1. The zero-order valence-corrected chi connectivity index (χ0v) is 19.8. The molecule has 6 rings (SSSR count). The number of anilines is 1. The number of pyridine rings is 1. The number of aryl methyl sites for hydroxylation is 1. The summed E-state index contributed by atoms with van der Waals surface area (Å²) in [5.41, 5.74) is 9.77. The van der Waals surface area contributed by atoms with Gasteiger partial charge in [0.25, 0.3) is 5.56 Å². The number of aromatic nitrogens is 5. The maximum absolute atomic E-state index is 13.7. The monoisotopic (exact) mass is 492 g/mol. The molecule has 8 nitrogen and oxygen atoms in total. The van der Waals surface area contributed by atoms with Crippen LogP contribution in [0.4, 0.5) is 10.2 Å². The summed E-state index contributed by atoms with van der Waals surface area (Å²) in [6, 6.07) is 21.0. The van der Waals surface area contributed by atoms with E-state index in [1.807, 2.05) is 61.5 Å². The number of para-hydroxylation sites is 1. The number of nitrogens with two attached hydrogens (primary N) is 1. The third kappa shape index (κ3) is 3.68. The molecule has 3 aromatic heterocycles. The predicted octanol–water partition coefficient (Wildman–Crippen LogP) is 4.58. The van der Waals surface area contributed by atoms with Gasteiger partial charge in [0, 0.05) is 16.6 Å².